The molecule has 0 bridgehead atoms. The monoisotopic (exact) mass is 393 g/mol. The van der Waals surface area contributed by atoms with Gasteiger partial charge < -0.3 is 15.1 Å². The summed E-state index contributed by atoms with van der Waals surface area (Å²) >= 11 is 6.14. The maximum atomic E-state index is 6.14. The molecule has 5 nitrogen and oxygen atoms in total. The largest absolute Gasteiger partial charge is 0.368 e. The summed E-state index contributed by atoms with van der Waals surface area (Å²) in [5, 5.41) is 4.17. The Morgan fingerprint density at radius 2 is 1.57 bits per heavy atom. The van der Waals surface area contributed by atoms with Crippen molar-refractivity contribution in [2.75, 3.05) is 41.3 Å². The van der Waals surface area contributed by atoms with Crippen LogP contribution in [0.2, 0.25) is 5.02 Å². The van der Waals surface area contributed by atoms with Crippen molar-refractivity contribution in [1.29, 1.82) is 0 Å². The predicted molar refractivity (Wildman–Crippen MR) is 117 cm³/mol. The molecule has 28 heavy (non-hydrogen) atoms. The van der Waals surface area contributed by atoms with Gasteiger partial charge in [0.25, 0.3) is 0 Å². The minimum Gasteiger partial charge on any atom is -0.368 e. The molecule has 2 aromatic carbocycles. The lowest BCUT2D eigenvalue weighted by atomic mass is 10.2. The van der Waals surface area contributed by atoms with Crippen LogP contribution >= 0.6 is 11.6 Å². The second kappa shape index (κ2) is 8.07. The first kappa shape index (κ1) is 18.6. The summed E-state index contributed by atoms with van der Waals surface area (Å²) in [6, 6.07) is 18.4. The van der Waals surface area contributed by atoms with Gasteiger partial charge in [-0.1, -0.05) is 35.4 Å². The normalized spacial score (nSPS) is 14.2. The van der Waals surface area contributed by atoms with Crippen molar-refractivity contribution < 1.29 is 0 Å². The van der Waals surface area contributed by atoms with Crippen LogP contribution < -0.4 is 15.1 Å². The molecular weight excluding hydrogens is 370 g/mol. The fraction of sp³-hybridized carbons (Fsp3) is 0.273. The lowest BCUT2D eigenvalue weighted by molar-refractivity contribution is 0.646. The van der Waals surface area contributed by atoms with Gasteiger partial charge in [-0.05, 0) is 44.2 Å². The summed E-state index contributed by atoms with van der Waals surface area (Å²) in [6.07, 6.45) is 0. The van der Waals surface area contributed by atoms with Crippen LogP contribution in [-0.4, -0.2) is 36.1 Å². The number of benzene rings is 2. The van der Waals surface area contributed by atoms with Crippen LogP contribution in [0.25, 0.3) is 0 Å². The number of halogens is 1. The third-order valence-corrected chi connectivity index (χ3v) is 5.16. The van der Waals surface area contributed by atoms with Gasteiger partial charge in [-0.3, -0.25) is 0 Å². The van der Waals surface area contributed by atoms with Crippen molar-refractivity contribution in [2.24, 2.45) is 0 Å². The Labute approximate surface area is 171 Å². The van der Waals surface area contributed by atoms with E-state index in [1.54, 1.807) is 0 Å². The minimum absolute atomic E-state index is 0.768. The maximum absolute atomic E-state index is 6.14. The Balaban J connectivity index is 1.46. The van der Waals surface area contributed by atoms with E-state index in [1.165, 1.54) is 11.3 Å². The average Bonchev–Trinajstić information content (AvgIpc) is 2.69. The molecule has 0 saturated carbocycles. The van der Waals surface area contributed by atoms with E-state index in [4.69, 9.17) is 11.6 Å². The van der Waals surface area contributed by atoms with Crippen LogP contribution in [0.15, 0.2) is 54.6 Å². The van der Waals surface area contributed by atoms with Gasteiger partial charge in [0.2, 0.25) is 0 Å². The highest BCUT2D eigenvalue weighted by Gasteiger charge is 2.19. The smallest absolute Gasteiger partial charge is 0.136 e. The van der Waals surface area contributed by atoms with Crippen LogP contribution in [0.1, 0.15) is 11.4 Å². The average molecular weight is 394 g/mol. The minimum atomic E-state index is 0.768. The first-order chi connectivity index (χ1) is 13.6. The third-order valence-electron chi connectivity index (χ3n) is 4.93. The lowest BCUT2D eigenvalue weighted by Gasteiger charge is -2.37. The molecule has 0 radical (unpaired) electrons. The number of piperazine rings is 1. The fourth-order valence-corrected chi connectivity index (χ4v) is 3.61. The number of hydrogen-bond donors (Lipinski definition) is 1. The van der Waals surface area contributed by atoms with E-state index in [-0.39, 0.29) is 0 Å². The molecule has 0 amide bonds. The highest BCUT2D eigenvalue weighted by molar-refractivity contribution is 6.30. The quantitative estimate of drug-likeness (QED) is 0.688. The molecule has 0 atom stereocenters. The molecule has 0 spiro atoms. The zero-order chi connectivity index (χ0) is 19.5. The molecule has 0 unspecified atom stereocenters. The predicted octanol–water partition coefficient (Wildman–Crippen LogP) is 4.82. The second-order valence-corrected chi connectivity index (χ2v) is 7.54. The summed E-state index contributed by atoms with van der Waals surface area (Å²) in [5.74, 6) is 2.56. The molecule has 1 N–H and O–H groups in total. The van der Waals surface area contributed by atoms with Gasteiger partial charge in [0.1, 0.15) is 17.5 Å². The summed E-state index contributed by atoms with van der Waals surface area (Å²) in [4.78, 5) is 13.9. The molecule has 1 saturated heterocycles. The third kappa shape index (κ3) is 4.37. The van der Waals surface area contributed by atoms with Crippen LogP contribution in [0.5, 0.6) is 0 Å². The van der Waals surface area contributed by atoms with E-state index in [0.29, 0.717) is 0 Å². The number of nitrogens with zero attached hydrogens (tertiary/aromatic N) is 4. The summed E-state index contributed by atoms with van der Waals surface area (Å²) in [6.45, 7) is 7.71. The number of anilines is 4. The van der Waals surface area contributed by atoms with E-state index in [1.807, 2.05) is 31.2 Å². The zero-order valence-electron chi connectivity index (χ0n) is 16.2. The van der Waals surface area contributed by atoms with Crippen molar-refractivity contribution >= 4 is 34.6 Å². The molecule has 3 aromatic rings. The van der Waals surface area contributed by atoms with Crippen molar-refractivity contribution in [2.45, 2.75) is 13.8 Å². The highest BCUT2D eigenvalue weighted by atomic mass is 35.5. The topological polar surface area (TPSA) is 44.3 Å². The van der Waals surface area contributed by atoms with Crippen LogP contribution in [0.4, 0.5) is 23.0 Å². The number of aromatic nitrogens is 2. The number of nitrogens with one attached hydrogen (secondary N) is 1. The van der Waals surface area contributed by atoms with Gasteiger partial charge in [-0.25, -0.2) is 9.97 Å². The first-order valence-electron chi connectivity index (χ1n) is 9.52. The van der Waals surface area contributed by atoms with Gasteiger partial charge in [-0.2, -0.15) is 0 Å². The molecule has 1 aliphatic heterocycles. The summed E-state index contributed by atoms with van der Waals surface area (Å²) < 4.78 is 0. The fourth-order valence-electron chi connectivity index (χ4n) is 3.43. The molecule has 1 aliphatic rings. The molecule has 1 aromatic heterocycles. The van der Waals surface area contributed by atoms with Gasteiger partial charge in [0, 0.05) is 48.6 Å². The molecule has 6 heteroatoms. The standard InChI is InChI=1S/C22H24ClN5/c1-16-6-8-19(9-7-16)26-21-15-22(25-17(2)24-21)28-12-10-27(11-13-28)20-5-3-4-18(23)14-20/h3-9,14-15H,10-13H2,1-2H3,(H,24,25,26). The van der Waals surface area contributed by atoms with Crippen LogP contribution in [-0.2, 0) is 0 Å². The van der Waals surface area contributed by atoms with Gasteiger partial charge in [0.05, 0.1) is 0 Å². The highest BCUT2D eigenvalue weighted by Crippen LogP contribution is 2.24. The van der Waals surface area contributed by atoms with E-state index in [0.717, 1.165) is 54.3 Å². The Kier molecular flexibility index (Phi) is 5.35. The van der Waals surface area contributed by atoms with Crippen molar-refractivity contribution in [3.8, 4) is 0 Å². The summed E-state index contributed by atoms with van der Waals surface area (Å²) in [5.41, 5.74) is 3.44. The SMILES string of the molecule is Cc1ccc(Nc2cc(N3CCN(c4cccc(Cl)c4)CC3)nc(C)n2)cc1. The lowest BCUT2D eigenvalue weighted by Crippen LogP contribution is -2.46. The summed E-state index contributed by atoms with van der Waals surface area (Å²) in [7, 11) is 0. The van der Waals surface area contributed by atoms with Crippen LogP contribution in [0, 0.1) is 13.8 Å². The van der Waals surface area contributed by atoms with E-state index >= 15 is 0 Å². The molecule has 144 valence electrons. The Bertz CT molecular complexity index is 949. The number of aryl methyl sites for hydroxylation is 2. The first-order valence-corrected chi connectivity index (χ1v) is 9.89. The molecule has 0 aliphatic carbocycles. The Morgan fingerprint density at radius 1 is 0.857 bits per heavy atom. The molecule has 4 rings (SSSR count). The number of rotatable bonds is 4. The van der Waals surface area contributed by atoms with Gasteiger partial charge >= 0.3 is 0 Å². The molecule has 1 fully saturated rings. The van der Waals surface area contributed by atoms with Crippen molar-refractivity contribution in [3.63, 3.8) is 0 Å². The molecule has 2 heterocycles. The van der Waals surface area contributed by atoms with Gasteiger partial charge in [-0.15, -0.1) is 0 Å². The van der Waals surface area contributed by atoms with Crippen molar-refractivity contribution in [3.05, 3.63) is 71.0 Å². The van der Waals surface area contributed by atoms with Crippen molar-refractivity contribution in [1.82, 2.24) is 9.97 Å². The zero-order valence-corrected chi connectivity index (χ0v) is 16.9. The van der Waals surface area contributed by atoms with E-state index < -0.39 is 0 Å². The molecular formula is C22H24ClN5. The Hall–Kier alpha value is -2.79. The van der Waals surface area contributed by atoms with Crippen LogP contribution in [0.3, 0.4) is 0 Å². The Morgan fingerprint density at radius 3 is 2.29 bits per heavy atom. The van der Waals surface area contributed by atoms with E-state index in [9.17, 15) is 0 Å². The number of hydrogen-bond acceptors (Lipinski definition) is 5. The van der Waals surface area contributed by atoms with E-state index in [2.05, 4.69) is 62.3 Å². The second-order valence-electron chi connectivity index (χ2n) is 7.10. The maximum Gasteiger partial charge on any atom is 0.136 e. The van der Waals surface area contributed by atoms with Gasteiger partial charge in [0.15, 0.2) is 0 Å².